The smallest absolute Gasteiger partial charge is 0.240 e. The molecule has 0 saturated carbocycles. The second-order valence-corrected chi connectivity index (χ2v) is 6.76. The van der Waals surface area contributed by atoms with Crippen molar-refractivity contribution in [2.45, 2.75) is 25.7 Å². The number of carbonyl (C=O) groups is 1. The number of halogens is 2. The van der Waals surface area contributed by atoms with Gasteiger partial charge in [-0.15, -0.1) is 11.3 Å². The lowest BCUT2D eigenvalue weighted by molar-refractivity contribution is -0.117. The Labute approximate surface area is 143 Å². The van der Waals surface area contributed by atoms with Crippen molar-refractivity contribution < 1.29 is 13.6 Å². The van der Waals surface area contributed by atoms with E-state index in [1.54, 1.807) is 5.38 Å². The molecule has 1 aliphatic heterocycles. The first-order valence-electron chi connectivity index (χ1n) is 8.05. The minimum Gasteiger partial charge on any atom is -0.301 e. The zero-order chi connectivity index (χ0) is 16.9. The summed E-state index contributed by atoms with van der Waals surface area (Å²) >= 11 is 1.27. The summed E-state index contributed by atoms with van der Waals surface area (Å²) in [4.78, 5) is 18.6. The van der Waals surface area contributed by atoms with Gasteiger partial charge in [-0.05, 0) is 44.1 Å². The van der Waals surface area contributed by atoms with Gasteiger partial charge >= 0.3 is 0 Å². The fourth-order valence-electron chi connectivity index (χ4n) is 2.78. The Bertz CT molecular complexity index is 712. The van der Waals surface area contributed by atoms with Crippen LogP contribution in [-0.2, 0) is 4.79 Å². The highest BCUT2D eigenvalue weighted by molar-refractivity contribution is 7.14. The number of aromatic nitrogens is 1. The largest absolute Gasteiger partial charge is 0.301 e. The van der Waals surface area contributed by atoms with Crippen molar-refractivity contribution >= 4 is 22.4 Å². The molecule has 0 bridgehead atoms. The van der Waals surface area contributed by atoms with Crippen molar-refractivity contribution in [3.63, 3.8) is 0 Å². The topological polar surface area (TPSA) is 45.2 Å². The number of thiazole rings is 1. The van der Waals surface area contributed by atoms with Crippen LogP contribution in [0, 0.1) is 11.6 Å². The molecule has 1 saturated heterocycles. The quantitative estimate of drug-likeness (QED) is 0.909. The van der Waals surface area contributed by atoms with Crippen molar-refractivity contribution in [2.75, 3.05) is 25.0 Å². The van der Waals surface area contributed by atoms with Gasteiger partial charge in [-0.1, -0.05) is 12.8 Å². The first kappa shape index (κ1) is 17.0. The molecule has 0 spiro atoms. The molecular weight excluding hydrogens is 332 g/mol. The van der Waals surface area contributed by atoms with Crippen molar-refractivity contribution in [1.82, 2.24) is 9.88 Å². The highest BCUT2D eigenvalue weighted by Crippen LogP contribution is 2.26. The third kappa shape index (κ3) is 4.36. The Balaban J connectivity index is 1.60. The number of carbonyl (C=O) groups excluding carboxylic acids is 1. The highest BCUT2D eigenvalue weighted by atomic mass is 32.1. The van der Waals surface area contributed by atoms with E-state index >= 15 is 0 Å². The predicted molar refractivity (Wildman–Crippen MR) is 91.0 cm³/mol. The minimum atomic E-state index is -0.910. The number of hydrogen-bond donors (Lipinski definition) is 1. The fraction of sp³-hybridized carbons (Fsp3) is 0.412. The van der Waals surface area contributed by atoms with E-state index in [0.29, 0.717) is 22.9 Å². The molecule has 1 aliphatic rings. The average molecular weight is 351 g/mol. The summed E-state index contributed by atoms with van der Waals surface area (Å²) < 4.78 is 26.3. The van der Waals surface area contributed by atoms with Gasteiger partial charge in [0.05, 0.1) is 12.2 Å². The first-order chi connectivity index (χ1) is 11.6. The van der Waals surface area contributed by atoms with Gasteiger partial charge in [-0.2, -0.15) is 0 Å². The number of likely N-dealkylation sites (tertiary alicyclic amines) is 1. The molecule has 24 heavy (non-hydrogen) atoms. The van der Waals surface area contributed by atoms with Crippen molar-refractivity contribution in [1.29, 1.82) is 0 Å². The Hall–Kier alpha value is -1.86. The van der Waals surface area contributed by atoms with Gasteiger partial charge < -0.3 is 5.32 Å². The second kappa shape index (κ2) is 7.81. The van der Waals surface area contributed by atoms with Crippen molar-refractivity contribution in [3.05, 3.63) is 35.2 Å². The van der Waals surface area contributed by atoms with E-state index in [1.807, 2.05) is 0 Å². The van der Waals surface area contributed by atoms with E-state index in [1.165, 1.54) is 30.2 Å². The molecule has 128 valence electrons. The van der Waals surface area contributed by atoms with Crippen LogP contribution in [0.4, 0.5) is 13.9 Å². The van der Waals surface area contributed by atoms with Gasteiger partial charge in [0.15, 0.2) is 16.8 Å². The molecule has 4 nitrogen and oxygen atoms in total. The Morgan fingerprint density at radius 3 is 2.62 bits per heavy atom. The van der Waals surface area contributed by atoms with Crippen LogP contribution in [0.25, 0.3) is 11.3 Å². The predicted octanol–water partition coefficient (Wildman–Crippen LogP) is 3.90. The van der Waals surface area contributed by atoms with Crippen LogP contribution in [-0.4, -0.2) is 35.4 Å². The number of hydrogen-bond acceptors (Lipinski definition) is 4. The van der Waals surface area contributed by atoms with Gasteiger partial charge in [0.2, 0.25) is 5.91 Å². The second-order valence-electron chi connectivity index (χ2n) is 5.91. The molecule has 7 heteroatoms. The van der Waals surface area contributed by atoms with Crippen molar-refractivity contribution in [3.8, 4) is 11.3 Å². The maximum Gasteiger partial charge on any atom is 0.240 e. The number of nitrogens with zero attached hydrogens (tertiary/aromatic N) is 2. The number of benzene rings is 1. The van der Waals surface area contributed by atoms with Crippen LogP contribution in [0.5, 0.6) is 0 Å². The standard InChI is InChI=1S/C17H19F2N3OS/c18-13-6-5-12(9-14(13)19)15-11-24-17(20-15)21-16(23)10-22-7-3-1-2-4-8-22/h5-6,9,11H,1-4,7-8,10H2,(H,20,21,23). The first-order valence-corrected chi connectivity index (χ1v) is 8.93. The molecule has 0 aliphatic carbocycles. The summed E-state index contributed by atoms with van der Waals surface area (Å²) in [6, 6.07) is 3.64. The van der Waals surface area contributed by atoms with Crippen LogP contribution in [0.1, 0.15) is 25.7 Å². The molecule has 1 amide bonds. The maximum absolute atomic E-state index is 13.3. The lowest BCUT2D eigenvalue weighted by Crippen LogP contribution is -2.33. The molecule has 0 unspecified atom stereocenters. The van der Waals surface area contributed by atoms with E-state index in [9.17, 15) is 13.6 Å². The van der Waals surface area contributed by atoms with Gasteiger partial charge in [0, 0.05) is 10.9 Å². The van der Waals surface area contributed by atoms with E-state index in [2.05, 4.69) is 15.2 Å². The lowest BCUT2D eigenvalue weighted by atomic mass is 10.2. The van der Waals surface area contributed by atoms with Crippen molar-refractivity contribution in [2.24, 2.45) is 0 Å². The molecule has 1 fully saturated rings. The molecule has 2 aromatic rings. The molecule has 1 N–H and O–H groups in total. The molecule has 0 atom stereocenters. The summed E-state index contributed by atoms with van der Waals surface area (Å²) in [6.07, 6.45) is 4.71. The molecular formula is C17H19F2N3OS. The van der Waals surface area contributed by atoms with Gasteiger partial charge in [0.25, 0.3) is 0 Å². The van der Waals surface area contributed by atoms with Crippen LogP contribution < -0.4 is 5.32 Å². The lowest BCUT2D eigenvalue weighted by Gasteiger charge is -2.18. The van der Waals surface area contributed by atoms with Gasteiger partial charge in [-0.25, -0.2) is 13.8 Å². The zero-order valence-electron chi connectivity index (χ0n) is 13.2. The average Bonchev–Trinajstić information content (AvgIpc) is 2.86. The van der Waals surface area contributed by atoms with Gasteiger partial charge in [-0.3, -0.25) is 9.69 Å². The summed E-state index contributed by atoms with van der Waals surface area (Å²) in [5, 5.41) is 4.97. The Morgan fingerprint density at radius 1 is 1.17 bits per heavy atom. The van der Waals surface area contributed by atoms with Gasteiger partial charge in [0.1, 0.15) is 0 Å². The van der Waals surface area contributed by atoms with Crippen LogP contribution >= 0.6 is 11.3 Å². The molecule has 0 radical (unpaired) electrons. The van der Waals surface area contributed by atoms with Crippen LogP contribution in [0.3, 0.4) is 0 Å². The van der Waals surface area contributed by atoms with E-state index in [-0.39, 0.29) is 5.91 Å². The monoisotopic (exact) mass is 351 g/mol. The Morgan fingerprint density at radius 2 is 1.92 bits per heavy atom. The normalized spacial score (nSPS) is 15.9. The van der Waals surface area contributed by atoms with E-state index in [0.717, 1.165) is 38.1 Å². The number of amides is 1. The number of rotatable bonds is 4. The fourth-order valence-corrected chi connectivity index (χ4v) is 3.51. The number of nitrogens with one attached hydrogen (secondary N) is 1. The summed E-state index contributed by atoms with van der Waals surface area (Å²) in [5.74, 6) is -1.89. The summed E-state index contributed by atoms with van der Waals surface area (Å²) in [6.45, 7) is 2.26. The summed E-state index contributed by atoms with van der Waals surface area (Å²) in [7, 11) is 0. The summed E-state index contributed by atoms with van der Waals surface area (Å²) in [5.41, 5.74) is 1.00. The maximum atomic E-state index is 13.3. The van der Waals surface area contributed by atoms with Crippen LogP contribution in [0.2, 0.25) is 0 Å². The molecule has 3 rings (SSSR count). The van der Waals surface area contributed by atoms with Crippen LogP contribution in [0.15, 0.2) is 23.6 Å². The third-order valence-corrected chi connectivity index (χ3v) is 4.79. The zero-order valence-corrected chi connectivity index (χ0v) is 14.0. The SMILES string of the molecule is O=C(CN1CCCCCC1)Nc1nc(-c2ccc(F)c(F)c2)cs1. The minimum absolute atomic E-state index is 0.0944. The Kier molecular flexibility index (Phi) is 5.52. The number of anilines is 1. The molecule has 1 aromatic carbocycles. The van der Waals surface area contributed by atoms with E-state index in [4.69, 9.17) is 0 Å². The highest BCUT2D eigenvalue weighted by Gasteiger charge is 2.15. The third-order valence-electron chi connectivity index (χ3n) is 4.03. The molecule has 2 heterocycles. The van der Waals surface area contributed by atoms with E-state index < -0.39 is 11.6 Å². The molecule has 1 aromatic heterocycles.